The van der Waals surface area contributed by atoms with Crippen LogP contribution in [0.15, 0.2) is 71.9 Å². The Bertz CT molecular complexity index is 1150. The second kappa shape index (κ2) is 9.35. The van der Waals surface area contributed by atoms with Crippen molar-refractivity contribution >= 4 is 15.9 Å². The van der Waals surface area contributed by atoms with Crippen LogP contribution in [0.1, 0.15) is 11.1 Å². The molecular weight excluding hydrogens is 402 g/mol. The van der Waals surface area contributed by atoms with Gasteiger partial charge in [-0.2, -0.15) is 14.7 Å². The van der Waals surface area contributed by atoms with Crippen molar-refractivity contribution in [3.63, 3.8) is 0 Å². The van der Waals surface area contributed by atoms with E-state index in [-0.39, 0.29) is 11.4 Å². The summed E-state index contributed by atoms with van der Waals surface area (Å²) in [5.41, 5.74) is 2.27. The number of carbonyl (C=O) groups excluding carboxylic acids is 1. The van der Waals surface area contributed by atoms with E-state index in [1.807, 2.05) is 42.6 Å². The number of aromatic nitrogens is 2. The van der Waals surface area contributed by atoms with Gasteiger partial charge < -0.3 is 5.32 Å². The number of nitrogens with one attached hydrogen (secondary N) is 1. The molecule has 0 aliphatic carbocycles. The molecule has 0 spiro atoms. The molecule has 0 atom stereocenters. The maximum atomic E-state index is 12.6. The second-order valence-corrected chi connectivity index (χ2v) is 8.67. The van der Waals surface area contributed by atoms with E-state index in [4.69, 9.17) is 5.26 Å². The normalized spacial score (nSPS) is 11.2. The fraction of sp³-hybridized carbons (Fsp3) is 0.190. The molecule has 0 bridgehead atoms. The molecule has 8 nitrogen and oxygen atoms in total. The Hall–Kier alpha value is -3.48. The van der Waals surface area contributed by atoms with Gasteiger partial charge in [0.15, 0.2) is 0 Å². The van der Waals surface area contributed by atoms with Crippen LogP contribution >= 0.6 is 0 Å². The molecule has 9 heteroatoms. The van der Waals surface area contributed by atoms with E-state index in [2.05, 4.69) is 10.4 Å². The fourth-order valence-corrected chi connectivity index (χ4v) is 3.91. The first kappa shape index (κ1) is 21.2. The van der Waals surface area contributed by atoms with Crippen molar-refractivity contribution in [1.29, 1.82) is 5.26 Å². The van der Waals surface area contributed by atoms with E-state index in [9.17, 15) is 13.2 Å². The molecular formula is C21H21N5O3S. The van der Waals surface area contributed by atoms with Crippen LogP contribution < -0.4 is 5.32 Å². The summed E-state index contributed by atoms with van der Waals surface area (Å²) in [6.45, 7) is 0.0652. The monoisotopic (exact) mass is 423 g/mol. The summed E-state index contributed by atoms with van der Waals surface area (Å²) < 4.78 is 27.8. The molecule has 1 N–H and O–H groups in total. The minimum absolute atomic E-state index is 0.0325. The molecule has 3 aromatic rings. The molecule has 1 amide bonds. The Kier molecular flexibility index (Phi) is 6.61. The average molecular weight is 423 g/mol. The third-order valence-electron chi connectivity index (χ3n) is 4.45. The van der Waals surface area contributed by atoms with E-state index in [1.54, 1.807) is 10.9 Å². The largest absolute Gasteiger partial charge is 0.355 e. The summed E-state index contributed by atoms with van der Waals surface area (Å²) in [5.74, 6) is -0.398. The quantitative estimate of drug-likeness (QED) is 0.594. The highest BCUT2D eigenvalue weighted by Crippen LogP contribution is 2.14. The van der Waals surface area contributed by atoms with Crippen molar-refractivity contribution in [3.05, 3.63) is 78.1 Å². The summed E-state index contributed by atoms with van der Waals surface area (Å²) in [5, 5.41) is 15.9. The minimum Gasteiger partial charge on any atom is -0.355 e. The first-order chi connectivity index (χ1) is 14.4. The lowest BCUT2D eigenvalue weighted by Gasteiger charge is -2.16. The predicted molar refractivity (Wildman–Crippen MR) is 111 cm³/mol. The van der Waals surface area contributed by atoms with Crippen molar-refractivity contribution in [2.75, 3.05) is 20.1 Å². The van der Waals surface area contributed by atoms with Crippen LogP contribution in [0.3, 0.4) is 0 Å². The zero-order valence-corrected chi connectivity index (χ0v) is 17.2. The van der Waals surface area contributed by atoms with Gasteiger partial charge in [0.25, 0.3) is 0 Å². The van der Waals surface area contributed by atoms with Gasteiger partial charge in [-0.25, -0.2) is 13.1 Å². The summed E-state index contributed by atoms with van der Waals surface area (Å²) in [6.07, 6.45) is 4.20. The molecule has 0 aliphatic heterocycles. The lowest BCUT2D eigenvalue weighted by Crippen LogP contribution is -2.39. The molecule has 154 valence electrons. The lowest BCUT2D eigenvalue weighted by molar-refractivity contribution is -0.121. The van der Waals surface area contributed by atoms with Crippen LogP contribution in [0.4, 0.5) is 0 Å². The van der Waals surface area contributed by atoms with Crippen molar-refractivity contribution in [3.8, 4) is 11.8 Å². The van der Waals surface area contributed by atoms with Crippen LogP contribution in [-0.2, 0) is 21.2 Å². The van der Waals surface area contributed by atoms with E-state index in [0.717, 1.165) is 15.6 Å². The zero-order valence-electron chi connectivity index (χ0n) is 16.4. The van der Waals surface area contributed by atoms with Gasteiger partial charge >= 0.3 is 0 Å². The van der Waals surface area contributed by atoms with E-state index in [0.29, 0.717) is 18.5 Å². The third-order valence-corrected chi connectivity index (χ3v) is 6.27. The smallest absolute Gasteiger partial charge is 0.243 e. The predicted octanol–water partition coefficient (Wildman–Crippen LogP) is 1.72. The molecule has 0 saturated heterocycles. The van der Waals surface area contributed by atoms with Crippen molar-refractivity contribution in [1.82, 2.24) is 19.4 Å². The summed E-state index contributed by atoms with van der Waals surface area (Å²) in [4.78, 5) is 12.2. The number of para-hydroxylation sites is 1. The standard InChI is InChI=1S/C21H21N5O3S/c1-25(30(28,29)20-9-7-17(13-22)8-10-20)16-21(27)23-12-11-18-14-24-26(15-18)19-5-3-2-4-6-19/h2-10,14-15H,11-12,16H2,1H3,(H,23,27). The number of nitrogens with zero attached hydrogens (tertiary/aromatic N) is 4. The maximum absolute atomic E-state index is 12.6. The number of carbonyl (C=O) groups is 1. The number of benzene rings is 2. The number of nitriles is 1. The van der Waals surface area contributed by atoms with Crippen LogP contribution in [0, 0.1) is 11.3 Å². The molecule has 2 aromatic carbocycles. The van der Waals surface area contributed by atoms with Crippen LogP contribution in [0.2, 0.25) is 0 Å². The van der Waals surface area contributed by atoms with Gasteiger partial charge in [-0.1, -0.05) is 18.2 Å². The Labute approximate surface area is 175 Å². The van der Waals surface area contributed by atoms with Gasteiger partial charge in [0.2, 0.25) is 15.9 Å². The van der Waals surface area contributed by atoms with E-state index >= 15 is 0 Å². The Balaban J connectivity index is 1.50. The number of hydrogen-bond donors (Lipinski definition) is 1. The topological polar surface area (TPSA) is 108 Å². The maximum Gasteiger partial charge on any atom is 0.243 e. The molecule has 0 unspecified atom stereocenters. The molecule has 0 saturated carbocycles. The summed E-state index contributed by atoms with van der Waals surface area (Å²) >= 11 is 0. The molecule has 30 heavy (non-hydrogen) atoms. The first-order valence-corrected chi connectivity index (χ1v) is 10.7. The van der Waals surface area contributed by atoms with Crippen molar-refractivity contribution in [2.45, 2.75) is 11.3 Å². The Morgan fingerprint density at radius 3 is 2.53 bits per heavy atom. The minimum atomic E-state index is -3.81. The van der Waals surface area contributed by atoms with Gasteiger partial charge in [0.05, 0.1) is 35.0 Å². The van der Waals surface area contributed by atoms with Gasteiger partial charge in [-0.3, -0.25) is 4.79 Å². The van der Waals surface area contributed by atoms with Crippen molar-refractivity contribution in [2.24, 2.45) is 0 Å². The van der Waals surface area contributed by atoms with Crippen molar-refractivity contribution < 1.29 is 13.2 Å². The number of sulfonamides is 1. The summed E-state index contributed by atoms with van der Waals surface area (Å²) in [7, 11) is -2.47. The van der Waals surface area contributed by atoms with Gasteiger partial charge in [0.1, 0.15) is 0 Å². The highest BCUT2D eigenvalue weighted by Gasteiger charge is 2.22. The van der Waals surface area contributed by atoms with Crippen LogP contribution in [0.5, 0.6) is 0 Å². The molecule has 0 fully saturated rings. The van der Waals surface area contributed by atoms with Gasteiger partial charge in [-0.05, 0) is 48.4 Å². The zero-order chi connectivity index (χ0) is 21.6. The van der Waals surface area contributed by atoms with Gasteiger partial charge in [0, 0.05) is 19.8 Å². The lowest BCUT2D eigenvalue weighted by atomic mass is 10.2. The molecule has 1 aromatic heterocycles. The molecule has 0 radical (unpaired) electrons. The first-order valence-electron chi connectivity index (χ1n) is 9.22. The molecule has 3 rings (SSSR count). The SMILES string of the molecule is CN(CC(=O)NCCc1cnn(-c2ccccc2)c1)S(=O)(=O)c1ccc(C#N)cc1. The number of likely N-dealkylation sites (N-methyl/N-ethyl adjacent to an activating group) is 1. The highest BCUT2D eigenvalue weighted by atomic mass is 32.2. The van der Waals surface area contributed by atoms with Gasteiger partial charge in [-0.15, -0.1) is 0 Å². The van der Waals surface area contributed by atoms with Crippen LogP contribution in [0.25, 0.3) is 5.69 Å². The fourth-order valence-electron chi connectivity index (χ4n) is 2.78. The highest BCUT2D eigenvalue weighted by molar-refractivity contribution is 7.89. The van der Waals surface area contributed by atoms with E-state index in [1.165, 1.54) is 31.3 Å². The molecule has 0 aliphatic rings. The number of hydrogen-bond acceptors (Lipinski definition) is 5. The number of rotatable bonds is 8. The van der Waals surface area contributed by atoms with E-state index < -0.39 is 15.9 Å². The molecule has 1 heterocycles. The number of amides is 1. The Morgan fingerprint density at radius 1 is 1.17 bits per heavy atom. The van der Waals surface area contributed by atoms with Crippen LogP contribution in [-0.4, -0.2) is 48.5 Å². The Morgan fingerprint density at radius 2 is 1.87 bits per heavy atom. The summed E-state index contributed by atoms with van der Waals surface area (Å²) in [6, 6.07) is 17.2. The third kappa shape index (κ3) is 5.11. The average Bonchev–Trinajstić information content (AvgIpc) is 3.23. The second-order valence-electron chi connectivity index (χ2n) is 6.63.